The van der Waals surface area contributed by atoms with Crippen LogP contribution >= 0.6 is 0 Å². The molecule has 0 radical (unpaired) electrons. The van der Waals surface area contributed by atoms with E-state index in [0.717, 1.165) is 12.1 Å². The van der Waals surface area contributed by atoms with Gasteiger partial charge in [-0.1, -0.05) is 0 Å². The number of aryl methyl sites for hydroxylation is 1. The molecular weight excluding hydrogens is 299 g/mol. The van der Waals surface area contributed by atoms with E-state index in [9.17, 15) is 17.6 Å². The largest absolute Gasteiger partial charge is 0.398 e. The average Bonchev–Trinajstić information content (AvgIpc) is 2.38. The monoisotopic (exact) mass is 318 g/mol. The molecule has 0 aliphatic carbocycles. The zero-order chi connectivity index (χ0) is 16.2. The molecule has 0 bridgehead atoms. The average molecular weight is 318 g/mol. The Hall–Kier alpha value is -1.87. The van der Waals surface area contributed by atoms with Crippen LogP contribution in [0.2, 0.25) is 0 Å². The maximum absolute atomic E-state index is 13.7. The number of sulfonamides is 1. The second-order valence-electron chi connectivity index (χ2n) is 4.66. The van der Waals surface area contributed by atoms with Crippen molar-refractivity contribution in [2.24, 2.45) is 0 Å². The molecule has 0 spiro atoms. The Balaban J connectivity index is 2.71. The zero-order valence-electron chi connectivity index (χ0n) is 12.1. The van der Waals surface area contributed by atoms with Crippen LogP contribution in [0.4, 0.5) is 14.9 Å². The van der Waals surface area contributed by atoms with Gasteiger partial charge in [0.15, 0.2) is 0 Å². The molecule has 21 heavy (non-hydrogen) atoms. The van der Waals surface area contributed by atoms with E-state index in [-0.39, 0.29) is 24.8 Å². The van der Waals surface area contributed by atoms with Gasteiger partial charge in [-0.25, -0.2) is 22.3 Å². The van der Waals surface area contributed by atoms with E-state index >= 15 is 0 Å². The molecule has 9 heteroatoms. The molecule has 0 aliphatic rings. The van der Waals surface area contributed by atoms with Crippen molar-refractivity contribution >= 4 is 21.7 Å². The maximum atomic E-state index is 13.7. The highest BCUT2D eigenvalue weighted by molar-refractivity contribution is 7.89. The molecule has 0 saturated heterocycles. The number of benzene rings is 1. The first-order valence-electron chi connectivity index (χ1n) is 6.15. The fraction of sp³-hybridized carbons (Fsp3) is 0.417. The van der Waals surface area contributed by atoms with E-state index in [4.69, 9.17) is 5.73 Å². The van der Waals surface area contributed by atoms with Crippen molar-refractivity contribution in [3.8, 4) is 0 Å². The van der Waals surface area contributed by atoms with Crippen molar-refractivity contribution < 1.29 is 17.6 Å². The number of carbonyl (C=O) groups is 1. The number of halogens is 1. The predicted molar refractivity (Wildman–Crippen MR) is 77.8 cm³/mol. The molecule has 2 amide bonds. The van der Waals surface area contributed by atoms with Crippen molar-refractivity contribution in [2.45, 2.75) is 11.8 Å². The van der Waals surface area contributed by atoms with Crippen molar-refractivity contribution in [1.82, 2.24) is 14.9 Å². The van der Waals surface area contributed by atoms with Crippen LogP contribution in [0.15, 0.2) is 17.0 Å². The highest BCUT2D eigenvalue weighted by atomic mass is 32.2. The number of nitrogen functional groups attached to an aromatic ring is 1. The summed E-state index contributed by atoms with van der Waals surface area (Å²) in [7, 11) is -0.899. The molecule has 1 rings (SSSR count). The number of rotatable bonds is 5. The molecule has 0 unspecified atom stereocenters. The highest BCUT2D eigenvalue weighted by Crippen LogP contribution is 2.21. The Bertz CT molecular complexity index is 632. The van der Waals surface area contributed by atoms with E-state index in [2.05, 4.69) is 10.0 Å². The van der Waals surface area contributed by atoms with Crippen molar-refractivity contribution in [3.63, 3.8) is 0 Å². The Morgan fingerprint density at radius 3 is 2.52 bits per heavy atom. The van der Waals surface area contributed by atoms with Crippen LogP contribution in [0.1, 0.15) is 5.56 Å². The molecule has 0 saturated carbocycles. The topological polar surface area (TPSA) is 105 Å². The van der Waals surface area contributed by atoms with E-state index in [1.165, 1.54) is 4.90 Å². The van der Waals surface area contributed by atoms with Crippen LogP contribution in [0.5, 0.6) is 0 Å². The molecule has 0 fully saturated rings. The molecule has 7 nitrogen and oxygen atoms in total. The fourth-order valence-corrected chi connectivity index (χ4v) is 2.59. The number of hydrogen-bond donors (Lipinski definition) is 3. The lowest BCUT2D eigenvalue weighted by molar-refractivity contribution is 0.217. The summed E-state index contributed by atoms with van der Waals surface area (Å²) in [5.41, 5.74) is 6.25. The standard InChI is InChI=1S/C12H19FN4O3S/c1-8-6-9(13)11(7-10(8)14)21(19,20)16-5-4-15-12(18)17(2)3/h6-7,16H,4-5,14H2,1-3H3,(H,15,18). The Morgan fingerprint density at radius 2 is 1.95 bits per heavy atom. The normalized spacial score (nSPS) is 11.2. The summed E-state index contributed by atoms with van der Waals surface area (Å²) < 4.78 is 39.8. The van der Waals surface area contributed by atoms with Gasteiger partial charge in [0.2, 0.25) is 10.0 Å². The molecule has 0 heterocycles. The molecule has 1 aromatic carbocycles. The van der Waals surface area contributed by atoms with Crippen LogP contribution in [-0.4, -0.2) is 46.5 Å². The molecule has 0 aromatic heterocycles. The third-order valence-corrected chi connectivity index (χ3v) is 4.19. The van der Waals surface area contributed by atoms with Gasteiger partial charge in [0.1, 0.15) is 10.7 Å². The summed E-state index contributed by atoms with van der Waals surface area (Å²) in [4.78, 5) is 12.0. The quantitative estimate of drug-likeness (QED) is 0.535. The van der Waals surface area contributed by atoms with Gasteiger partial charge >= 0.3 is 6.03 Å². The van der Waals surface area contributed by atoms with Gasteiger partial charge < -0.3 is 16.0 Å². The summed E-state index contributed by atoms with van der Waals surface area (Å²) in [5, 5.41) is 2.48. The highest BCUT2D eigenvalue weighted by Gasteiger charge is 2.20. The SMILES string of the molecule is Cc1cc(F)c(S(=O)(=O)NCCNC(=O)N(C)C)cc1N. The van der Waals surface area contributed by atoms with Gasteiger partial charge in [-0.05, 0) is 24.6 Å². The van der Waals surface area contributed by atoms with Gasteiger partial charge in [0.25, 0.3) is 0 Å². The van der Waals surface area contributed by atoms with Gasteiger partial charge in [-0.3, -0.25) is 0 Å². The smallest absolute Gasteiger partial charge is 0.316 e. The van der Waals surface area contributed by atoms with E-state index in [1.54, 1.807) is 21.0 Å². The van der Waals surface area contributed by atoms with Crippen LogP contribution in [-0.2, 0) is 10.0 Å². The predicted octanol–water partition coefficient (Wildman–Crippen LogP) is 0.266. The molecule has 1 aromatic rings. The lowest BCUT2D eigenvalue weighted by Crippen LogP contribution is -2.39. The van der Waals surface area contributed by atoms with Gasteiger partial charge in [0.05, 0.1) is 0 Å². The third kappa shape index (κ3) is 4.57. The van der Waals surface area contributed by atoms with Gasteiger partial charge in [-0.2, -0.15) is 0 Å². The number of nitrogens with zero attached hydrogens (tertiary/aromatic N) is 1. The number of amides is 2. The first kappa shape index (κ1) is 17.2. The minimum atomic E-state index is -4.02. The van der Waals surface area contributed by atoms with Crippen molar-refractivity contribution in [1.29, 1.82) is 0 Å². The molecule has 0 atom stereocenters. The molecular formula is C12H19FN4O3S. The molecule has 0 aliphatic heterocycles. The third-order valence-electron chi connectivity index (χ3n) is 2.71. The second-order valence-corrected chi connectivity index (χ2v) is 6.40. The molecule has 4 N–H and O–H groups in total. The Kier molecular flexibility index (Phi) is 5.50. The number of nitrogens with two attached hydrogens (primary N) is 1. The van der Waals surface area contributed by atoms with Crippen LogP contribution in [0.25, 0.3) is 0 Å². The van der Waals surface area contributed by atoms with Crippen LogP contribution in [0, 0.1) is 12.7 Å². The zero-order valence-corrected chi connectivity index (χ0v) is 12.9. The summed E-state index contributed by atoms with van der Waals surface area (Å²) in [6, 6.07) is 1.79. The maximum Gasteiger partial charge on any atom is 0.316 e. The second kappa shape index (κ2) is 6.72. The summed E-state index contributed by atoms with van der Waals surface area (Å²) in [6.07, 6.45) is 0. The van der Waals surface area contributed by atoms with Gasteiger partial charge in [0, 0.05) is 32.9 Å². The minimum absolute atomic E-state index is 0.0604. The van der Waals surface area contributed by atoms with E-state index < -0.39 is 20.7 Å². The van der Waals surface area contributed by atoms with Crippen molar-refractivity contribution in [2.75, 3.05) is 32.9 Å². The van der Waals surface area contributed by atoms with Crippen LogP contribution < -0.4 is 15.8 Å². The Morgan fingerprint density at radius 1 is 1.33 bits per heavy atom. The lowest BCUT2D eigenvalue weighted by Gasteiger charge is -2.13. The van der Waals surface area contributed by atoms with E-state index in [0.29, 0.717) is 5.56 Å². The first-order chi connectivity index (χ1) is 9.65. The first-order valence-corrected chi connectivity index (χ1v) is 7.64. The van der Waals surface area contributed by atoms with Crippen molar-refractivity contribution in [3.05, 3.63) is 23.5 Å². The number of urea groups is 1. The van der Waals surface area contributed by atoms with E-state index in [1.807, 2.05) is 0 Å². The summed E-state index contributed by atoms with van der Waals surface area (Å²) >= 11 is 0. The molecule has 118 valence electrons. The Labute approximate surface area is 123 Å². The fourth-order valence-electron chi connectivity index (χ4n) is 1.47. The summed E-state index contributed by atoms with van der Waals surface area (Å²) in [5.74, 6) is -0.869. The number of carbonyl (C=O) groups excluding carboxylic acids is 1. The number of hydrogen-bond acceptors (Lipinski definition) is 4. The number of anilines is 1. The minimum Gasteiger partial charge on any atom is -0.398 e. The number of nitrogens with one attached hydrogen (secondary N) is 2. The summed E-state index contributed by atoms with van der Waals surface area (Å²) in [6.45, 7) is 1.60. The van der Waals surface area contributed by atoms with Gasteiger partial charge in [-0.15, -0.1) is 0 Å². The lowest BCUT2D eigenvalue weighted by atomic mass is 10.2. The van der Waals surface area contributed by atoms with Crippen LogP contribution in [0.3, 0.4) is 0 Å².